The molecule has 0 saturated carbocycles. The summed E-state index contributed by atoms with van der Waals surface area (Å²) in [6.07, 6.45) is 2.92. The van der Waals surface area contributed by atoms with Crippen LogP contribution in [0.2, 0.25) is 0 Å². The second kappa shape index (κ2) is 7.56. The van der Waals surface area contributed by atoms with Crippen LogP contribution < -0.4 is 0 Å². The van der Waals surface area contributed by atoms with Crippen molar-refractivity contribution in [2.75, 3.05) is 0 Å². The van der Waals surface area contributed by atoms with Crippen LogP contribution in [0.15, 0.2) is 72.8 Å². The van der Waals surface area contributed by atoms with Crippen LogP contribution >= 0.6 is 15.9 Å². The first-order valence-corrected chi connectivity index (χ1v) is 11.9. The number of halogens is 1. The van der Waals surface area contributed by atoms with Gasteiger partial charge in [0.05, 0.1) is 17.1 Å². The molecule has 0 amide bonds. The predicted octanol–water partition coefficient (Wildman–Crippen LogP) is 7.40. The molecule has 4 nitrogen and oxygen atoms in total. The molecule has 0 radical (unpaired) electrons. The summed E-state index contributed by atoms with van der Waals surface area (Å²) in [4.78, 5) is 17.1. The second-order valence-electron chi connectivity index (χ2n) is 9.29. The van der Waals surface area contributed by atoms with Crippen LogP contribution in [0, 0.1) is 0 Å². The van der Waals surface area contributed by atoms with E-state index in [9.17, 15) is 0 Å². The van der Waals surface area contributed by atoms with Gasteiger partial charge >= 0.3 is 0 Å². The minimum Gasteiger partial charge on any atom is -0.355 e. The van der Waals surface area contributed by atoms with E-state index in [1.807, 2.05) is 6.08 Å². The minimum absolute atomic E-state index is 0.0649. The fraction of sp³-hybridized carbons (Fsp3) is 0.143. The molecule has 6 rings (SSSR count). The highest BCUT2D eigenvalue weighted by molar-refractivity contribution is 9.15. The minimum atomic E-state index is -0.0649. The van der Waals surface area contributed by atoms with Crippen molar-refractivity contribution < 1.29 is 0 Å². The van der Waals surface area contributed by atoms with Gasteiger partial charge in [-0.25, -0.2) is 4.98 Å². The maximum Gasteiger partial charge on any atom is 0.0800 e. The lowest BCUT2D eigenvalue weighted by Crippen LogP contribution is -2.15. The van der Waals surface area contributed by atoms with Crippen molar-refractivity contribution in [1.82, 2.24) is 19.9 Å². The van der Waals surface area contributed by atoms with E-state index in [0.717, 1.165) is 66.9 Å². The summed E-state index contributed by atoms with van der Waals surface area (Å²) in [5, 5.41) is 0. The Morgan fingerprint density at radius 3 is 2.36 bits per heavy atom. The number of nitrogens with zero attached hydrogens (tertiary/aromatic N) is 2. The third-order valence-corrected chi connectivity index (χ3v) is 6.91. The average molecular weight is 495 g/mol. The molecule has 5 heteroatoms. The van der Waals surface area contributed by atoms with Gasteiger partial charge in [-0.15, -0.1) is 0 Å². The Balaban J connectivity index is 1.75. The van der Waals surface area contributed by atoms with Gasteiger partial charge in [0.2, 0.25) is 0 Å². The van der Waals surface area contributed by atoms with Crippen molar-refractivity contribution in [1.29, 1.82) is 0 Å². The fourth-order valence-electron chi connectivity index (χ4n) is 4.60. The largest absolute Gasteiger partial charge is 0.355 e. The highest BCUT2D eigenvalue weighted by Gasteiger charge is 2.30. The van der Waals surface area contributed by atoms with Gasteiger partial charge in [-0.3, -0.25) is 4.98 Å². The number of aromatic nitrogens is 4. The zero-order chi connectivity index (χ0) is 22.6. The van der Waals surface area contributed by atoms with Crippen LogP contribution in [0.5, 0.6) is 0 Å². The van der Waals surface area contributed by atoms with Crippen LogP contribution in [0.4, 0.5) is 0 Å². The standard InChI is InChI=1S/C28H23BrN4/c1-28(2)16-25-27(17-6-4-3-5-7-17)23-11-10-18(31-23)12-21-13-22(29)24(32-21)14-19-8-9-20(30-19)15-26(28)33-25/h3-15,30-31H,16H2,1-2H3. The molecule has 3 aromatic heterocycles. The molecule has 0 unspecified atom stereocenters. The Morgan fingerprint density at radius 2 is 1.55 bits per heavy atom. The molecular weight excluding hydrogens is 472 g/mol. The number of H-pyrrole nitrogens is 2. The summed E-state index contributed by atoms with van der Waals surface area (Å²) < 4.78 is 0.974. The lowest BCUT2D eigenvalue weighted by atomic mass is 9.85. The molecule has 2 N–H and O–H groups in total. The van der Waals surface area contributed by atoms with E-state index < -0.39 is 0 Å². The summed E-state index contributed by atoms with van der Waals surface area (Å²) in [5.41, 5.74) is 10.4. The van der Waals surface area contributed by atoms with Crippen molar-refractivity contribution in [2.45, 2.75) is 25.7 Å². The molecule has 1 aromatic carbocycles. The van der Waals surface area contributed by atoms with E-state index in [1.54, 1.807) is 0 Å². The van der Waals surface area contributed by atoms with Gasteiger partial charge in [0, 0.05) is 49.6 Å². The summed E-state index contributed by atoms with van der Waals surface area (Å²) in [5.74, 6) is 0. The fourth-order valence-corrected chi connectivity index (χ4v) is 5.03. The third-order valence-electron chi connectivity index (χ3n) is 6.27. The smallest absolute Gasteiger partial charge is 0.0800 e. The Hall–Kier alpha value is -3.44. The van der Waals surface area contributed by atoms with Gasteiger partial charge in [0.15, 0.2) is 0 Å². The topological polar surface area (TPSA) is 57.4 Å². The Bertz CT molecular complexity index is 1570. The van der Waals surface area contributed by atoms with Gasteiger partial charge in [0.25, 0.3) is 0 Å². The summed E-state index contributed by atoms with van der Waals surface area (Å²) in [6.45, 7) is 4.53. The molecule has 162 valence electrons. The van der Waals surface area contributed by atoms with E-state index in [0.29, 0.717) is 0 Å². The van der Waals surface area contributed by atoms with Gasteiger partial charge in [-0.05, 0) is 70.0 Å². The van der Waals surface area contributed by atoms with Gasteiger partial charge in [-0.1, -0.05) is 44.2 Å². The number of fused-ring (bicyclic) bond motifs is 8. The molecule has 33 heavy (non-hydrogen) atoms. The number of benzene rings is 1. The second-order valence-corrected chi connectivity index (χ2v) is 10.1. The monoisotopic (exact) mass is 494 g/mol. The van der Waals surface area contributed by atoms with E-state index in [2.05, 4.69) is 113 Å². The quantitative estimate of drug-likeness (QED) is 0.289. The van der Waals surface area contributed by atoms with Crippen LogP contribution in [0.3, 0.4) is 0 Å². The molecular formula is C28H23BrN4. The summed E-state index contributed by atoms with van der Waals surface area (Å²) >= 11 is 3.66. The van der Waals surface area contributed by atoms with E-state index in [1.165, 1.54) is 0 Å². The van der Waals surface area contributed by atoms with Crippen LogP contribution in [-0.2, 0) is 11.8 Å². The Labute approximate surface area is 200 Å². The first kappa shape index (κ1) is 20.2. The zero-order valence-corrected chi connectivity index (χ0v) is 20.1. The van der Waals surface area contributed by atoms with E-state index in [-0.39, 0.29) is 5.41 Å². The Morgan fingerprint density at radius 1 is 0.818 bits per heavy atom. The lowest BCUT2D eigenvalue weighted by molar-refractivity contribution is 0.544. The lowest BCUT2D eigenvalue weighted by Gasteiger charge is -2.16. The average Bonchev–Trinajstić information content (AvgIpc) is 3.54. The predicted molar refractivity (Wildman–Crippen MR) is 140 cm³/mol. The third kappa shape index (κ3) is 3.72. The first-order chi connectivity index (χ1) is 15.9. The molecule has 0 saturated heterocycles. The number of hydrogen-bond acceptors (Lipinski definition) is 2. The highest BCUT2D eigenvalue weighted by atomic mass is 79.9. The molecule has 0 atom stereocenters. The van der Waals surface area contributed by atoms with Gasteiger partial charge in [-0.2, -0.15) is 0 Å². The van der Waals surface area contributed by atoms with Crippen molar-refractivity contribution >= 4 is 48.6 Å². The van der Waals surface area contributed by atoms with E-state index in [4.69, 9.17) is 9.97 Å². The van der Waals surface area contributed by atoms with Gasteiger partial charge in [0.1, 0.15) is 0 Å². The maximum atomic E-state index is 5.18. The van der Waals surface area contributed by atoms with E-state index >= 15 is 0 Å². The van der Waals surface area contributed by atoms with Gasteiger partial charge < -0.3 is 9.97 Å². The maximum absolute atomic E-state index is 5.18. The van der Waals surface area contributed by atoms with Crippen LogP contribution in [-0.4, -0.2) is 19.9 Å². The Kier molecular flexibility index (Phi) is 4.63. The molecule has 2 aliphatic rings. The molecule has 8 bridgehead atoms. The molecule has 5 heterocycles. The van der Waals surface area contributed by atoms with Crippen molar-refractivity contribution in [3.8, 4) is 11.1 Å². The molecule has 4 aromatic rings. The first-order valence-electron chi connectivity index (χ1n) is 11.1. The molecule has 0 spiro atoms. The molecule has 2 aliphatic heterocycles. The van der Waals surface area contributed by atoms with Crippen LogP contribution in [0.25, 0.3) is 43.8 Å². The number of nitrogens with one attached hydrogen (secondary N) is 2. The van der Waals surface area contributed by atoms with Crippen molar-refractivity contribution in [3.63, 3.8) is 0 Å². The van der Waals surface area contributed by atoms with Crippen molar-refractivity contribution in [3.05, 3.63) is 95.6 Å². The molecule has 0 fully saturated rings. The zero-order valence-electron chi connectivity index (χ0n) is 18.5. The normalized spacial score (nSPS) is 14.8. The SMILES string of the molecule is CC1(C)Cc2nc1cc1ccc(cc3nc(cc4ccc([nH]4)c2-c2ccccc2)C=C3Br)[nH]1. The number of hydrogen-bond donors (Lipinski definition) is 2. The summed E-state index contributed by atoms with van der Waals surface area (Å²) in [7, 11) is 0. The molecule has 0 aliphatic carbocycles. The number of rotatable bonds is 1. The van der Waals surface area contributed by atoms with Crippen LogP contribution in [0.1, 0.15) is 36.6 Å². The number of aromatic amines is 2. The highest BCUT2D eigenvalue weighted by Crippen LogP contribution is 2.37. The summed E-state index contributed by atoms with van der Waals surface area (Å²) in [6, 6.07) is 25.3. The van der Waals surface area contributed by atoms with Crippen molar-refractivity contribution in [2.24, 2.45) is 0 Å².